The zero-order valence-corrected chi connectivity index (χ0v) is 11.2. The summed E-state index contributed by atoms with van der Waals surface area (Å²) in [5.74, 6) is -0.224. The molecule has 1 amide bonds. The third-order valence-corrected chi connectivity index (χ3v) is 3.11. The molecule has 1 aromatic rings. The summed E-state index contributed by atoms with van der Waals surface area (Å²) in [7, 11) is 0. The Bertz CT molecular complexity index is 590. The van der Waals surface area contributed by atoms with E-state index in [2.05, 4.69) is 5.32 Å². The van der Waals surface area contributed by atoms with Crippen molar-refractivity contribution in [3.63, 3.8) is 0 Å². The van der Waals surface area contributed by atoms with Gasteiger partial charge in [0.05, 0.1) is 16.6 Å². The van der Waals surface area contributed by atoms with E-state index in [1.165, 1.54) is 12.1 Å². The highest BCUT2D eigenvalue weighted by molar-refractivity contribution is 5.78. The molecule has 110 valence electrons. The van der Waals surface area contributed by atoms with Gasteiger partial charge in [-0.2, -0.15) is 5.26 Å². The maximum atomic E-state index is 11.9. The molecule has 21 heavy (non-hydrogen) atoms. The first-order valence-corrected chi connectivity index (χ1v) is 6.41. The Morgan fingerprint density at radius 1 is 1.48 bits per heavy atom. The van der Waals surface area contributed by atoms with Gasteiger partial charge in [0.15, 0.2) is 12.4 Å². The van der Waals surface area contributed by atoms with Crippen molar-refractivity contribution < 1.29 is 14.5 Å². The van der Waals surface area contributed by atoms with Gasteiger partial charge < -0.3 is 15.0 Å². The second-order valence-electron chi connectivity index (χ2n) is 4.47. The fourth-order valence-corrected chi connectivity index (χ4v) is 2.00. The Morgan fingerprint density at radius 3 is 2.81 bits per heavy atom. The quantitative estimate of drug-likeness (QED) is 0.630. The van der Waals surface area contributed by atoms with Crippen LogP contribution in [0.1, 0.15) is 5.56 Å². The first-order valence-electron chi connectivity index (χ1n) is 6.41. The number of hydrogen-bond acceptors (Lipinski definition) is 6. The average Bonchev–Trinajstić information content (AvgIpc) is 2.53. The molecule has 0 aromatic heterocycles. The fourth-order valence-electron chi connectivity index (χ4n) is 2.00. The molecule has 1 aromatic carbocycles. The third kappa shape index (κ3) is 3.67. The lowest BCUT2D eigenvalue weighted by Crippen LogP contribution is -2.47. The standard InChI is InChI=1S/C13H14N4O4/c14-8-10-1-2-12(11(7-10)17(19)20)21-9-13(18)16-5-3-15-4-6-16/h1-2,7,15H,3-6,9H2. The van der Waals surface area contributed by atoms with Gasteiger partial charge in [-0.25, -0.2) is 0 Å². The number of nitrogens with one attached hydrogen (secondary N) is 1. The number of nitro benzene ring substituents is 1. The molecule has 8 heteroatoms. The molecule has 8 nitrogen and oxygen atoms in total. The van der Waals surface area contributed by atoms with Crippen molar-refractivity contribution in [1.82, 2.24) is 10.2 Å². The fraction of sp³-hybridized carbons (Fsp3) is 0.385. The zero-order valence-electron chi connectivity index (χ0n) is 11.2. The van der Waals surface area contributed by atoms with Crippen LogP contribution >= 0.6 is 0 Å². The van der Waals surface area contributed by atoms with Gasteiger partial charge in [0.25, 0.3) is 5.91 Å². The van der Waals surface area contributed by atoms with Gasteiger partial charge in [0.1, 0.15) is 0 Å². The van der Waals surface area contributed by atoms with Crippen LogP contribution < -0.4 is 10.1 Å². The van der Waals surface area contributed by atoms with E-state index < -0.39 is 4.92 Å². The number of nitrogens with zero attached hydrogens (tertiary/aromatic N) is 3. The van der Waals surface area contributed by atoms with E-state index in [0.29, 0.717) is 13.1 Å². The minimum absolute atomic E-state index is 0.0116. The number of rotatable bonds is 4. The molecule has 1 aliphatic heterocycles. The minimum atomic E-state index is -0.633. The first-order chi connectivity index (χ1) is 10.1. The van der Waals surface area contributed by atoms with E-state index >= 15 is 0 Å². The molecule has 2 rings (SSSR count). The van der Waals surface area contributed by atoms with Crippen molar-refractivity contribution in [3.05, 3.63) is 33.9 Å². The van der Waals surface area contributed by atoms with Crippen LogP contribution in [-0.4, -0.2) is 48.5 Å². The second kappa shape index (κ2) is 6.67. The van der Waals surface area contributed by atoms with Crippen molar-refractivity contribution in [2.24, 2.45) is 0 Å². The summed E-state index contributed by atoms with van der Waals surface area (Å²) in [6.45, 7) is 2.38. The normalized spacial score (nSPS) is 14.3. The summed E-state index contributed by atoms with van der Waals surface area (Å²) in [6.07, 6.45) is 0. The molecule has 1 fully saturated rings. The molecule has 0 radical (unpaired) electrons. The number of piperazine rings is 1. The van der Waals surface area contributed by atoms with Crippen LogP contribution in [0.15, 0.2) is 18.2 Å². The monoisotopic (exact) mass is 290 g/mol. The molecule has 0 atom stereocenters. The largest absolute Gasteiger partial charge is 0.477 e. The summed E-state index contributed by atoms with van der Waals surface area (Å²) in [4.78, 5) is 23.9. The number of nitriles is 1. The molecule has 1 aliphatic rings. The second-order valence-corrected chi connectivity index (χ2v) is 4.47. The summed E-state index contributed by atoms with van der Waals surface area (Å²) in [5.41, 5.74) is -0.148. The Kier molecular flexibility index (Phi) is 4.68. The molecular formula is C13H14N4O4. The number of nitro groups is 1. The summed E-state index contributed by atoms with van der Waals surface area (Å²) in [5, 5.41) is 22.8. The maximum Gasteiger partial charge on any atom is 0.312 e. The number of carbonyl (C=O) groups excluding carboxylic acids is 1. The van der Waals surface area contributed by atoms with Gasteiger partial charge in [0, 0.05) is 32.2 Å². The predicted octanol–water partition coefficient (Wildman–Crippen LogP) is 0.277. The molecule has 0 aliphatic carbocycles. The van der Waals surface area contributed by atoms with Crippen LogP contribution in [0.4, 0.5) is 5.69 Å². The minimum Gasteiger partial charge on any atom is -0.477 e. The lowest BCUT2D eigenvalue weighted by Gasteiger charge is -2.27. The molecule has 0 bridgehead atoms. The van der Waals surface area contributed by atoms with Crippen LogP contribution in [0.5, 0.6) is 5.75 Å². The number of amides is 1. The Labute approximate surface area is 121 Å². The van der Waals surface area contributed by atoms with Gasteiger partial charge in [-0.15, -0.1) is 0 Å². The van der Waals surface area contributed by atoms with Crippen LogP contribution in [0, 0.1) is 21.4 Å². The Balaban J connectivity index is 2.04. The van der Waals surface area contributed by atoms with E-state index in [9.17, 15) is 14.9 Å². The van der Waals surface area contributed by atoms with E-state index in [1.807, 2.05) is 6.07 Å². The molecule has 1 heterocycles. The SMILES string of the molecule is N#Cc1ccc(OCC(=O)N2CCNCC2)c([N+](=O)[O-])c1. The third-order valence-electron chi connectivity index (χ3n) is 3.11. The zero-order chi connectivity index (χ0) is 15.2. The lowest BCUT2D eigenvalue weighted by molar-refractivity contribution is -0.385. The molecule has 1 saturated heterocycles. The predicted molar refractivity (Wildman–Crippen MR) is 72.8 cm³/mol. The van der Waals surface area contributed by atoms with Crippen molar-refractivity contribution in [3.8, 4) is 11.8 Å². The van der Waals surface area contributed by atoms with Crippen LogP contribution in [0.3, 0.4) is 0 Å². The smallest absolute Gasteiger partial charge is 0.312 e. The molecular weight excluding hydrogens is 276 g/mol. The van der Waals surface area contributed by atoms with Gasteiger partial charge in [-0.3, -0.25) is 14.9 Å². The lowest BCUT2D eigenvalue weighted by atomic mass is 10.2. The summed E-state index contributed by atoms with van der Waals surface area (Å²) < 4.78 is 5.25. The van der Waals surface area contributed by atoms with Crippen LogP contribution in [0.25, 0.3) is 0 Å². The number of ether oxygens (including phenoxy) is 1. The number of carbonyl (C=O) groups is 1. The van der Waals surface area contributed by atoms with E-state index in [-0.39, 0.29) is 29.5 Å². The van der Waals surface area contributed by atoms with Gasteiger partial charge in [0.2, 0.25) is 0 Å². The van der Waals surface area contributed by atoms with E-state index in [1.54, 1.807) is 4.90 Å². The maximum absolute atomic E-state index is 11.9. The van der Waals surface area contributed by atoms with Crippen LogP contribution in [0.2, 0.25) is 0 Å². The van der Waals surface area contributed by atoms with Crippen LogP contribution in [-0.2, 0) is 4.79 Å². The van der Waals surface area contributed by atoms with E-state index in [4.69, 9.17) is 10.00 Å². The number of hydrogen-bond donors (Lipinski definition) is 1. The van der Waals surface area contributed by atoms with Gasteiger partial charge in [-0.1, -0.05) is 0 Å². The Morgan fingerprint density at radius 2 is 2.19 bits per heavy atom. The average molecular weight is 290 g/mol. The molecule has 0 unspecified atom stereocenters. The van der Waals surface area contributed by atoms with Gasteiger partial charge >= 0.3 is 5.69 Å². The number of benzene rings is 1. The highest BCUT2D eigenvalue weighted by atomic mass is 16.6. The van der Waals surface area contributed by atoms with Crippen molar-refractivity contribution >= 4 is 11.6 Å². The molecule has 0 spiro atoms. The van der Waals surface area contributed by atoms with Crippen molar-refractivity contribution in [1.29, 1.82) is 5.26 Å². The van der Waals surface area contributed by atoms with Crippen molar-refractivity contribution in [2.75, 3.05) is 32.8 Å². The Hall–Kier alpha value is -2.66. The molecule has 0 saturated carbocycles. The highest BCUT2D eigenvalue weighted by Crippen LogP contribution is 2.27. The van der Waals surface area contributed by atoms with Gasteiger partial charge in [-0.05, 0) is 12.1 Å². The summed E-state index contributed by atoms with van der Waals surface area (Å²) in [6, 6.07) is 5.70. The molecule has 1 N–H and O–H groups in total. The topological polar surface area (TPSA) is 108 Å². The van der Waals surface area contributed by atoms with E-state index in [0.717, 1.165) is 19.2 Å². The first kappa shape index (κ1) is 14.7. The highest BCUT2D eigenvalue weighted by Gasteiger charge is 2.20. The summed E-state index contributed by atoms with van der Waals surface area (Å²) >= 11 is 0. The van der Waals surface area contributed by atoms with Crippen molar-refractivity contribution in [2.45, 2.75) is 0 Å².